The highest BCUT2D eigenvalue weighted by Crippen LogP contribution is 2.16. The molecule has 1 N–H and O–H groups in total. The third-order valence-electron chi connectivity index (χ3n) is 2.63. The highest BCUT2D eigenvalue weighted by atomic mass is 16.6. The number of hydrogen-bond donors (Lipinski definition) is 1. The third kappa shape index (κ3) is 2.97. The molecule has 1 amide bonds. The minimum atomic E-state index is -0.528. The van der Waals surface area contributed by atoms with Crippen molar-refractivity contribution in [2.45, 2.75) is 19.4 Å². The maximum absolute atomic E-state index is 11.8. The third-order valence-corrected chi connectivity index (χ3v) is 2.63. The summed E-state index contributed by atoms with van der Waals surface area (Å²) >= 11 is 0. The van der Waals surface area contributed by atoms with E-state index in [4.69, 9.17) is 4.84 Å². The Balaban J connectivity index is 1.91. The van der Waals surface area contributed by atoms with Gasteiger partial charge in [-0.3, -0.25) is 4.79 Å². The van der Waals surface area contributed by atoms with E-state index in [0.29, 0.717) is 13.0 Å². The van der Waals surface area contributed by atoms with Gasteiger partial charge < -0.3 is 10.2 Å². The number of amides is 1. The van der Waals surface area contributed by atoms with Crippen molar-refractivity contribution in [1.29, 1.82) is 0 Å². The van der Waals surface area contributed by atoms with Crippen LogP contribution in [-0.2, 0) is 9.63 Å². The van der Waals surface area contributed by atoms with Gasteiger partial charge in [-0.1, -0.05) is 47.6 Å². The van der Waals surface area contributed by atoms with Crippen molar-refractivity contribution in [3.8, 4) is 0 Å². The van der Waals surface area contributed by atoms with Crippen molar-refractivity contribution >= 4 is 11.6 Å². The molecule has 0 aliphatic carbocycles. The zero-order valence-electron chi connectivity index (χ0n) is 10.3. The van der Waals surface area contributed by atoms with Crippen molar-refractivity contribution < 1.29 is 9.63 Å². The summed E-state index contributed by atoms with van der Waals surface area (Å²) in [5.41, 5.74) is 2.71. The summed E-state index contributed by atoms with van der Waals surface area (Å²) in [5, 5.41) is 6.73. The van der Waals surface area contributed by atoms with E-state index in [2.05, 4.69) is 17.1 Å². The van der Waals surface area contributed by atoms with E-state index in [0.717, 1.165) is 16.8 Å². The molecule has 0 spiro atoms. The average molecular weight is 244 g/mol. The molecule has 0 aromatic heterocycles. The van der Waals surface area contributed by atoms with Gasteiger partial charge in [-0.05, 0) is 12.5 Å². The van der Waals surface area contributed by atoms with E-state index < -0.39 is 6.10 Å². The highest BCUT2D eigenvalue weighted by molar-refractivity contribution is 6.04. The van der Waals surface area contributed by atoms with Gasteiger partial charge in [-0.2, -0.15) is 0 Å². The van der Waals surface area contributed by atoms with Crippen LogP contribution < -0.4 is 5.32 Å². The summed E-state index contributed by atoms with van der Waals surface area (Å²) < 4.78 is 0. The highest BCUT2D eigenvalue weighted by Gasteiger charge is 2.28. The zero-order chi connectivity index (χ0) is 13.0. The summed E-state index contributed by atoms with van der Waals surface area (Å²) in [7, 11) is 0. The summed E-state index contributed by atoms with van der Waals surface area (Å²) in [6.45, 7) is 6.07. The smallest absolute Gasteiger partial charge is 0.264 e. The predicted molar refractivity (Wildman–Crippen MR) is 70.3 cm³/mol. The first-order chi connectivity index (χ1) is 8.66. The van der Waals surface area contributed by atoms with Crippen molar-refractivity contribution in [2.24, 2.45) is 5.16 Å². The Hall–Kier alpha value is -2.10. The van der Waals surface area contributed by atoms with Crippen LogP contribution in [0.2, 0.25) is 0 Å². The second-order valence-corrected chi connectivity index (χ2v) is 4.38. The lowest BCUT2D eigenvalue weighted by atomic mass is 10.0. The van der Waals surface area contributed by atoms with Crippen molar-refractivity contribution in [3.63, 3.8) is 0 Å². The molecule has 4 nitrogen and oxygen atoms in total. The molecule has 1 unspecified atom stereocenters. The Morgan fingerprint density at radius 1 is 1.50 bits per heavy atom. The van der Waals surface area contributed by atoms with Crippen LogP contribution in [-0.4, -0.2) is 24.3 Å². The van der Waals surface area contributed by atoms with Gasteiger partial charge in [-0.25, -0.2) is 0 Å². The van der Waals surface area contributed by atoms with Crippen LogP contribution in [0.1, 0.15) is 18.9 Å². The molecule has 1 atom stereocenters. The van der Waals surface area contributed by atoms with E-state index in [-0.39, 0.29) is 5.91 Å². The first-order valence-corrected chi connectivity index (χ1v) is 5.87. The maximum Gasteiger partial charge on any atom is 0.264 e. The topological polar surface area (TPSA) is 50.7 Å². The number of carbonyl (C=O) groups excluding carboxylic acids is 1. The first kappa shape index (κ1) is 12.4. The average Bonchev–Trinajstić information content (AvgIpc) is 2.86. The van der Waals surface area contributed by atoms with Crippen LogP contribution in [0.4, 0.5) is 0 Å². The Morgan fingerprint density at radius 3 is 2.89 bits per heavy atom. The van der Waals surface area contributed by atoms with Crippen molar-refractivity contribution in [1.82, 2.24) is 5.32 Å². The molecule has 1 aromatic rings. The number of benzene rings is 1. The van der Waals surface area contributed by atoms with Crippen LogP contribution in [0.15, 0.2) is 47.6 Å². The van der Waals surface area contributed by atoms with Crippen molar-refractivity contribution in [2.75, 3.05) is 6.54 Å². The van der Waals surface area contributed by atoms with E-state index >= 15 is 0 Å². The number of carbonyl (C=O) groups is 1. The van der Waals surface area contributed by atoms with E-state index in [9.17, 15) is 4.79 Å². The number of nitrogens with one attached hydrogen (secondary N) is 1. The van der Waals surface area contributed by atoms with Gasteiger partial charge in [0, 0.05) is 13.0 Å². The molecule has 2 rings (SSSR count). The molecule has 0 bridgehead atoms. The summed E-state index contributed by atoms with van der Waals surface area (Å²) in [4.78, 5) is 16.9. The lowest BCUT2D eigenvalue weighted by Gasteiger charge is -2.08. The van der Waals surface area contributed by atoms with Crippen LogP contribution >= 0.6 is 0 Å². The van der Waals surface area contributed by atoms with Crippen LogP contribution in [0.3, 0.4) is 0 Å². The summed E-state index contributed by atoms with van der Waals surface area (Å²) in [6, 6.07) is 9.72. The molecule has 4 heteroatoms. The molecule has 1 aromatic carbocycles. The fourth-order valence-corrected chi connectivity index (χ4v) is 1.67. The Morgan fingerprint density at radius 2 is 2.22 bits per heavy atom. The standard InChI is InChI=1S/C14H16N2O2/c1-10(2)9-15-14(17)13-8-12(16-18-13)11-6-4-3-5-7-11/h3-7,13H,1,8-9H2,2H3,(H,15,17). The van der Waals surface area contributed by atoms with Crippen LogP contribution in [0, 0.1) is 0 Å². The largest absolute Gasteiger partial charge is 0.382 e. The van der Waals surface area contributed by atoms with Gasteiger partial charge in [0.15, 0.2) is 0 Å². The normalized spacial score (nSPS) is 17.8. The minimum absolute atomic E-state index is 0.146. The Labute approximate surface area is 106 Å². The molecule has 94 valence electrons. The lowest BCUT2D eigenvalue weighted by Crippen LogP contribution is -2.35. The molecule has 1 heterocycles. The Bertz CT molecular complexity index is 480. The van der Waals surface area contributed by atoms with E-state index in [1.54, 1.807) is 0 Å². The number of hydrogen-bond acceptors (Lipinski definition) is 3. The summed E-state index contributed by atoms with van der Waals surface area (Å²) in [6.07, 6.45) is -0.0222. The molecule has 0 saturated carbocycles. The molecule has 0 fully saturated rings. The van der Waals surface area contributed by atoms with Gasteiger partial charge in [-0.15, -0.1) is 0 Å². The fourth-order valence-electron chi connectivity index (χ4n) is 1.67. The van der Waals surface area contributed by atoms with Crippen LogP contribution in [0.25, 0.3) is 0 Å². The zero-order valence-corrected chi connectivity index (χ0v) is 10.3. The van der Waals surface area contributed by atoms with Gasteiger partial charge in [0.25, 0.3) is 5.91 Å². The predicted octanol–water partition coefficient (Wildman–Crippen LogP) is 1.87. The van der Waals surface area contributed by atoms with E-state index in [1.165, 1.54) is 0 Å². The quantitative estimate of drug-likeness (QED) is 0.822. The number of rotatable bonds is 4. The van der Waals surface area contributed by atoms with Crippen LogP contribution in [0.5, 0.6) is 0 Å². The molecular formula is C14H16N2O2. The molecule has 18 heavy (non-hydrogen) atoms. The fraction of sp³-hybridized carbons (Fsp3) is 0.286. The van der Waals surface area contributed by atoms with Gasteiger partial charge in [0.1, 0.15) is 0 Å². The second-order valence-electron chi connectivity index (χ2n) is 4.38. The maximum atomic E-state index is 11.8. The SMILES string of the molecule is C=C(C)CNC(=O)C1CC(c2ccccc2)=NO1. The molecule has 0 radical (unpaired) electrons. The van der Waals surface area contributed by atoms with Crippen molar-refractivity contribution in [3.05, 3.63) is 48.0 Å². The molecule has 0 saturated heterocycles. The number of oxime groups is 1. The van der Waals surface area contributed by atoms with Gasteiger partial charge in [0.05, 0.1) is 5.71 Å². The molecule has 1 aliphatic heterocycles. The van der Waals surface area contributed by atoms with Gasteiger partial charge >= 0.3 is 0 Å². The number of nitrogens with zero attached hydrogens (tertiary/aromatic N) is 1. The summed E-state index contributed by atoms with van der Waals surface area (Å²) in [5.74, 6) is -0.146. The molecular weight excluding hydrogens is 228 g/mol. The molecule has 1 aliphatic rings. The second kappa shape index (κ2) is 5.49. The van der Waals surface area contributed by atoms with Gasteiger partial charge in [0.2, 0.25) is 6.10 Å². The Kier molecular flexibility index (Phi) is 3.77. The minimum Gasteiger partial charge on any atom is -0.382 e. The first-order valence-electron chi connectivity index (χ1n) is 5.87. The monoisotopic (exact) mass is 244 g/mol. The lowest BCUT2D eigenvalue weighted by molar-refractivity contribution is -0.130. The van der Waals surface area contributed by atoms with E-state index in [1.807, 2.05) is 37.3 Å².